The van der Waals surface area contributed by atoms with Crippen LogP contribution in [0.5, 0.6) is 5.75 Å². The van der Waals surface area contributed by atoms with Crippen LogP contribution in [0.25, 0.3) is 11.0 Å². The van der Waals surface area contributed by atoms with Gasteiger partial charge in [0.2, 0.25) is 10.0 Å². The quantitative estimate of drug-likeness (QED) is 0.467. The first kappa shape index (κ1) is 22.7. The maximum absolute atomic E-state index is 13.6. The second-order valence-corrected chi connectivity index (χ2v) is 9.15. The molecule has 0 N–H and O–H groups in total. The summed E-state index contributed by atoms with van der Waals surface area (Å²) in [7, 11) is -0.672. The number of hydrogen-bond donors (Lipinski definition) is 0. The van der Waals surface area contributed by atoms with Gasteiger partial charge in [-0.2, -0.15) is 0 Å². The molecule has 0 atom stereocenters. The number of carbonyl (C=O) groups excluding carboxylic acids is 1. The zero-order valence-electron chi connectivity index (χ0n) is 17.5. The van der Waals surface area contributed by atoms with Crippen LogP contribution in [0.1, 0.15) is 19.2 Å². The number of carbonyl (C=O) groups is 1. The van der Waals surface area contributed by atoms with E-state index in [2.05, 4.69) is 4.98 Å². The first-order chi connectivity index (χ1) is 14.7. The van der Waals surface area contributed by atoms with E-state index in [1.165, 1.54) is 44.4 Å². The summed E-state index contributed by atoms with van der Waals surface area (Å²) in [6.07, 6.45) is 0.806. The van der Waals surface area contributed by atoms with Crippen molar-refractivity contribution < 1.29 is 27.1 Å². The Morgan fingerprint density at radius 1 is 1.19 bits per heavy atom. The predicted octanol–water partition coefficient (Wildman–Crippen LogP) is 2.96. The number of esters is 1. The molecule has 8 nitrogen and oxygen atoms in total. The lowest BCUT2D eigenvalue weighted by Crippen LogP contribution is -2.22. The predicted molar refractivity (Wildman–Crippen MR) is 113 cm³/mol. The van der Waals surface area contributed by atoms with Gasteiger partial charge >= 0.3 is 5.97 Å². The molecule has 31 heavy (non-hydrogen) atoms. The minimum absolute atomic E-state index is 0.0349. The number of imidazole rings is 1. The number of ether oxygens (including phenoxy) is 2. The van der Waals surface area contributed by atoms with E-state index in [0.29, 0.717) is 17.9 Å². The number of sulfonamides is 1. The van der Waals surface area contributed by atoms with E-state index in [9.17, 15) is 17.6 Å². The average molecular weight is 450 g/mol. The molecule has 0 aliphatic heterocycles. The smallest absolute Gasteiger partial charge is 0.344 e. The monoisotopic (exact) mass is 449 g/mol. The van der Waals surface area contributed by atoms with E-state index >= 15 is 0 Å². The van der Waals surface area contributed by atoms with E-state index < -0.39 is 28.4 Å². The van der Waals surface area contributed by atoms with E-state index in [0.717, 1.165) is 16.2 Å². The van der Waals surface area contributed by atoms with Gasteiger partial charge in [0.1, 0.15) is 12.4 Å². The standard InChI is InChI=1S/C21H24FN3O5S/c1-4-11-25-18-10-9-15(31(27,28)24(2)3)12-17(18)23-20(25)13-30-21(26)14-29-19-8-6-5-7-16(19)22/h5-10,12H,4,11,13-14H2,1-3H3. The molecular formula is C21H24FN3O5S. The Morgan fingerprint density at radius 3 is 2.61 bits per heavy atom. The first-order valence-electron chi connectivity index (χ1n) is 9.68. The van der Waals surface area contributed by atoms with E-state index in [-0.39, 0.29) is 17.3 Å². The van der Waals surface area contributed by atoms with E-state index in [1.54, 1.807) is 12.1 Å². The van der Waals surface area contributed by atoms with Crippen LogP contribution in [0.4, 0.5) is 4.39 Å². The summed E-state index contributed by atoms with van der Waals surface area (Å²) in [4.78, 5) is 16.7. The van der Waals surface area contributed by atoms with Gasteiger partial charge in [-0.15, -0.1) is 0 Å². The third-order valence-electron chi connectivity index (χ3n) is 4.57. The third-order valence-corrected chi connectivity index (χ3v) is 6.38. The number of nitrogens with zero attached hydrogens (tertiary/aromatic N) is 3. The molecule has 0 saturated heterocycles. The summed E-state index contributed by atoms with van der Waals surface area (Å²) in [5.41, 5.74) is 1.23. The zero-order valence-corrected chi connectivity index (χ0v) is 18.4. The Balaban J connectivity index is 1.76. The number of fused-ring (bicyclic) bond motifs is 1. The van der Waals surface area contributed by atoms with Crippen LogP contribution in [-0.4, -0.2) is 48.9 Å². The van der Waals surface area contributed by atoms with Crippen LogP contribution >= 0.6 is 0 Å². The van der Waals surface area contributed by atoms with Crippen molar-refractivity contribution in [3.8, 4) is 5.75 Å². The number of halogens is 1. The first-order valence-corrected chi connectivity index (χ1v) is 11.1. The maximum Gasteiger partial charge on any atom is 0.344 e. The Kier molecular flexibility index (Phi) is 6.91. The molecule has 0 fully saturated rings. The van der Waals surface area contributed by atoms with Crippen molar-refractivity contribution in [3.05, 3.63) is 54.1 Å². The molecule has 166 valence electrons. The normalized spacial score (nSPS) is 11.8. The highest BCUT2D eigenvalue weighted by atomic mass is 32.2. The molecule has 3 rings (SSSR count). The minimum atomic E-state index is -3.60. The summed E-state index contributed by atoms with van der Waals surface area (Å²) < 4.78 is 51.8. The Labute approximate surface area is 180 Å². The molecule has 0 spiro atoms. The van der Waals surface area contributed by atoms with Gasteiger partial charge in [-0.3, -0.25) is 0 Å². The SMILES string of the molecule is CCCn1c(COC(=O)COc2ccccc2F)nc2cc(S(=O)(=O)N(C)C)ccc21. The summed E-state index contributed by atoms with van der Waals surface area (Å²) in [6, 6.07) is 10.5. The second-order valence-electron chi connectivity index (χ2n) is 7.00. The van der Waals surface area contributed by atoms with Gasteiger partial charge in [0.15, 0.2) is 18.2 Å². The fraction of sp³-hybridized carbons (Fsp3) is 0.333. The molecule has 10 heteroatoms. The largest absolute Gasteiger partial charge is 0.479 e. The van der Waals surface area contributed by atoms with Crippen molar-refractivity contribution in [3.63, 3.8) is 0 Å². The van der Waals surface area contributed by atoms with E-state index in [1.807, 2.05) is 11.5 Å². The molecule has 0 unspecified atom stereocenters. The van der Waals surface area contributed by atoms with Gasteiger partial charge < -0.3 is 14.0 Å². The Bertz CT molecular complexity index is 1190. The summed E-state index contributed by atoms with van der Waals surface area (Å²) >= 11 is 0. The maximum atomic E-state index is 13.6. The highest BCUT2D eigenvalue weighted by Crippen LogP contribution is 2.23. The molecule has 0 aliphatic carbocycles. The fourth-order valence-corrected chi connectivity index (χ4v) is 3.92. The highest BCUT2D eigenvalue weighted by Gasteiger charge is 2.20. The van der Waals surface area contributed by atoms with E-state index in [4.69, 9.17) is 9.47 Å². The van der Waals surface area contributed by atoms with Crippen LogP contribution in [0, 0.1) is 5.82 Å². The van der Waals surface area contributed by atoms with Gasteiger partial charge in [-0.25, -0.2) is 26.9 Å². The molecule has 2 aromatic carbocycles. The molecule has 1 heterocycles. The van der Waals surface area contributed by atoms with Crippen molar-refractivity contribution in [1.82, 2.24) is 13.9 Å². The Hall–Kier alpha value is -2.98. The minimum Gasteiger partial charge on any atom is -0.479 e. The summed E-state index contributed by atoms with van der Waals surface area (Å²) in [5.74, 6) is -0.791. The molecule has 0 radical (unpaired) electrons. The van der Waals surface area contributed by atoms with Crippen LogP contribution in [0.3, 0.4) is 0 Å². The number of aromatic nitrogens is 2. The van der Waals surface area contributed by atoms with Gasteiger partial charge in [0.05, 0.1) is 15.9 Å². The molecule has 3 aromatic rings. The fourth-order valence-electron chi connectivity index (χ4n) is 3.00. The lowest BCUT2D eigenvalue weighted by molar-refractivity contribution is -0.147. The topological polar surface area (TPSA) is 90.7 Å². The van der Waals surface area contributed by atoms with Gasteiger partial charge in [-0.1, -0.05) is 19.1 Å². The van der Waals surface area contributed by atoms with Crippen molar-refractivity contribution in [1.29, 1.82) is 0 Å². The molecular weight excluding hydrogens is 425 g/mol. The van der Waals surface area contributed by atoms with Gasteiger partial charge in [-0.05, 0) is 36.8 Å². The molecule has 0 amide bonds. The highest BCUT2D eigenvalue weighted by molar-refractivity contribution is 7.89. The van der Waals surface area contributed by atoms with Crippen molar-refractivity contribution in [2.45, 2.75) is 31.4 Å². The van der Waals surface area contributed by atoms with Gasteiger partial charge in [0.25, 0.3) is 0 Å². The number of aryl methyl sites for hydroxylation is 1. The van der Waals surface area contributed by atoms with Crippen molar-refractivity contribution >= 4 is 27.0 Å². The van der Waals surface area contributed by atoms with Gasteiger partial charge in [0, 0.05) is 20.6 Å². The van der Waals surface area contributed by atoms with Crippen LogP contribution in [-0.2, 0) is 32.7 Å². The summed E-state index contributed by atoms with van der Waals surface area (Å²) in [5, 5.41) is 0. The molecule has 0 aliphatic rings. The summed E-state index contributed by atoms with van der Waals surface area (Å²) in [6.45, 7) is 2.05. The lowest BCUT2D eigenvalue weighted by Gasteiger charge is -2.11. The molecule has 1 aromatic heterocycles. The lowest BCUT2D eigenvalue weighted by atomic mass is 10.3. The van der Waals surface area contributed by atoms with Crippen molar-refractivity contribution in [2.75, 3.05) is 20.7 Å². The number of benzene rings is 2. The van der Waals surface area contributed by atoms with Crippen LogP contribution in [0.15, 0.2) is 47.4 Å². The number of para-hydroxylation sites is 1. The number of hydrogen-bond acceptors (Lipinski definition) is 6. The second kappa shape index (κ2) is 9.44. The average Bonchev–Trinajstić information content (AvgIpc) is 3.08. The zero-order chi connectivity index (χ0) is 22.6. The van der Waals surface area contributed by atoms with Crippen LogP contribution in [0.2, 0.25) is 0 Å². The van der Waals surface area contributed by atoms with Crippen LogP contribution < -0.4 is 4.74 Å². The molecule has 0 bridgehead atoms. The number of rotatable bonds is 9. The van der Waals surface area contributed by atoms with Crippen molar-refractivity contribution in [2.24, 2.45) is 0 Å². The third kappa shape index (κ3) is 5.02. The Morgan fingerprint density at radius 2 is 1.94 bits per heavy atom. The molecule has 0 saturated carbocycles.